The molecule has 0 spiro atoms. The average molecular weight is 343 g/mol. The number of nitrogens with zero attached hydrogens (tertiary/aromatic N) is 3. The first-order chi connectivity index (χ1) is 10.7. The maximum absolute atomic E-state index is 12.2. The molecule has 9 heteroatoms. The van der Waals surface area contributed by atoms with Crippen LogP contribution < -0.4 is 0 Å². The lowest BCUT2D eigenvalue weighted by atomic mass is 9.81. The molecule has 2 saturated heterocycles. The SMILES string of the molecule is CC(C)c1nnc([C@@]23COC[C@@H]2CN(C(=O)CS(C)(=O)=O)C3)o1. The molecule has 0 N–H and O–H groups in total. The van der Waals surface area contributed by atoms with Crippen LogP contribution in [-0.2, 0) is 24.8 Å². The first-order valence-corrected chi connectivity index (χ1v) is 9.64. The zero-order chi connectivity index (χ0) is 16.8. The minimum atomic E-state index is -3.35. The van der Waals surface area contributed by atoms with Crippen LogP contribution in [0.2, 0.25) is 0 Å². The van der Waals surface area contributed by atoms with Gasteiger partial charge in [-0.3, -0.25) is 4.79 Å². The largest absolute Gasteiger partial charge is 0.424 e. The minimum absolute atomic E-state index is 0.0477. The fourth-order valence-electron chi connectivity index (χ4n) is 3.21. The number of sulfone groups is 1. The zero-order valence-corrected chi connectivity index (χ0v) is 14.3. The molecule has 1 aromatic heterocycles. The molecular formula is C14H21N3O5S. The maximum atomic E-state index is 12.2. The van der Waals surface area contributed by atoms with Crippen LogP contribution in [0, 0.1) is 5.92 Å². The third kappa shape index (κ3) is 2.99. The normalized spacial score (nSPS) is 27.7. The van der Waals surface area contributed by atoms with E-state index in [2.05, 4.69) is 10.2 Å². The molecule has 0 bridgehead atoms. The Morgan fingerprint density at radius 1 is 1.43 bits per heavy atom. The van der Waals surface area contributed by atoms with Gasteiger partial charge in [-0.2, -0.15) is 0 Å². The standard InChI is InChI=1S/C14H21N3O5S/c1-9(2)12-15-16-13(22-12)14-7-17(4-10(14)5-21-8-14)11(18)6-23(3,19)20/h9-10H,4-8H2,1-3H3/t10-,14-/m0/s1. The smallest absolute Gasteiger partial charge is 0.237 e. The summed E-state index contributed by atoms with van der Waals surface area (Å²) in [6, 6.07) is 0. The van der Waals surface area contributed by atoms with Gasteiger partial charge in [0.2, 0.25) is 17.7 Å². The van der Waals surface area contributed by atoms with Gasteiger partial charge in [-0.15, -0.1) is 10.2 Å². The van der Waals surface area contributed by atoms with E-state index in [1.807, 2.05) is 13.8 Å². The number of hydrogen-bond acceptors (Lipinski definition) is 7. The van der Waals surface area contributed by atoms with E-state index < -0.39 is 21.0 Å². The molecule has 128 valence electrons. The highest BCUT2D eigenvalue weighted by Crippen LogP contribution is 2.43. The highest BCUT2D eigenvalue weighted by atomic mass is 32.2. The predicted octanol–water partition coefficient (Wildman–Crippen LogP) is -0.0360. The van der Waals surface area contributed by atoms with Gasteiger partial charge in [0.1, 0.15) is 5.75 Å². The van der Waals surface area contributed by atoms with Crippen molar-refractivity contribution in [3.05, 3.63) is 11.8 Å². The van der Waals surface area contributed by atoms with Gasteiger partial charge < -0.3 is 14.1 Å². The molecule has 23 heavy (non-hydrogen) atoms. The molecule has 3 heterocycles. The van der Waals surface area contributed by atoms with Crippen LogP contribution in [-0.4, -0.2) is 67.7 Å². The lowest BCUT2D eigenvalue weighted by Gasteiger charge is -2.22. The van der Waals surface area contributed by atoms with Crippen LogP contribution in [0.25, 0.3) is 0 Å². The fraction of sp³-hybridized carbons (Fsp3) is 0.786. The molecule has 0 unspecified atom stereocenters. The summed E-state index contributed by atoms with van der Waals surface area (Å²) >= 11 is 0. The van der Waals surface area contributed by atoms with Crippen molar-refractivity contribution in [1.82, 2.24) is 15.1 Å². The summed E-state index contributed by atoms with van der Waals surface area (Å²) in [6.07, 6.45) is 1.06. The average Bonchev–Trinajstić information content (AvgIpc) is 3.09. The quantitative estimate of drug-likeness (QED) is 0.756. The minimum Gasteiger partial charge on any atom is -0.424 e. The Morgan fingerprint density at radius 2 is 2.17 bits per heavy atom. The van der Waals surface area contributed by atoms with Crippen LogP contribution in [0.1, 0.15) is 31.5 Å². The highest BCUT2D eigenvalue weighted by Gasteiger charge is 2.56. The summed E-state index contributed by atoms with van der Waals surface area (Å²) in [7, 11) is -3.35. The van der Waals surface area contributed by atoms with Gasteiger partial charge in [-0.05, 0) is 0 Å². The molecule has 0 aliphatic carbocycles. The third-order valence-corrected chi connectivity index (χ3v) is 5.24. The van der Waals surface area contributed by atoms with Gasteiger partial charge in [0, 0.05) is 31.2 Å². The van der Waals surface area contributed by atoms with Crippen molar-refractivity contribution in [2.75, 3.05) is 38.3 Å². The van der Waals surface area contributed by atoms with Crippen LogP contribution in [0.4, 0.5) is 0 Å². The number of carbonyl (C=O) groups excluding carboxylic acids is 1. The van der Waals surface area contributed by atoms with Crippen LogP contribution in [0.15, 0.2) is 4.42 Å². The topological polar surface area (TPSA) is 103 Å². The summed E-state index contributed by atoms with van der Waals surface area (Å²) in [4.78, 5) is 13.8. The Morgan fingerprint density at radius 3 is 2.78 bits per heavy atom. The zero-order valence-electron chi connectivity index (χ0n) is 13.5. The monoisotopic (exact) mass is 343 g/mol. The summed E-state index contributed by atoms with van der Waals surface area (Å²) in [5.74, 6) is 0.353. The second kappa shape index (κ2) is 5.55. The number of hydrogen-bond donors (Lipinski definition) is 0. The summed E-state index contributed by atoms with van der Waals surface area (Å²) in [6.45, 7) is 5.64. The molecule has 0 saturated carbocycles. The van der Waals surface area contributed by atoms with E-state index in [0.29, 0.717) is 38.1 Å². The van der Waals surface area contributed by atoms with Gasteiger partial charge in [0.15, 0.2) is 9.84 Å². The van der Waals surface area contributed by atoms with Crippen molar-refractivity contribution in [2.24, 2.45) is 5.92 Å². The number of carbonyl (C=O) groups is 1. The Hall–Kier alpha value is -1.48. The Balaban J connectivity index is 1.84. The van der Waals surface area contributed by atoms with Gasteiger partial charge in [-0.1, -0.05) is 13.8 Å². The van der Waals surface area contributed by atoms with Crippen molar-refractivity contribution in [3.8, 4) is 0 Å². The predicted molar refractivity (Wildman–Crippen MR) is 80.7 cm³/mol. The van der Waals surface area contributed by atoms with Crippen LogP contribution in [0.3, 0.4) is 0 Å². The van der Waals surface area contributed by atoms with E-state index in [1.165, 1.54) is 0 Å². The van der Waals surface area contributed by atoms with Crippen LogP contribution in [0.5, 0.6) is 0 Å². The van der Waals surface area contributed by atoms with E-state index in [4.69, 9.17) is 9.15 Å². The summed E-state index contributed by atoms with van der Waals surface area (Å²) in [5, 5.41) is 8.24. The molecule has 1 amide bonds. The molecule has 2 atom stereocenters. The molecular weight excluding hydrogens is 322 g/mol. The van der Waals surface area contributed by atoms with E-state index in [1.54, 1.807) is 4.90 Å². The van der Waals surface area contributed by atoms with E-state index in [9.17, 15) is 13.2 Å². The summed E-state index contributed by atoms with van der Waals surface area (Å²) < 4.78 is 34.1. The van der Waals surface area contributed by atoms with E-state index in [0.717, 1.165) is 6.26 Å². The lowest BCUT2D eigenvalue weighted by molar-refractivity contribution is -0.128. The van der Waals surface area contributed by atoms with Gasteiger partial charge in [0.25, 0.3) is 0 Å². The molecule has 2 fully saturated rings. The number of fused-ring (bicyclic) bond motifs is 1. The molecule has 2 aliphatic heterocycles. The Kier molecular flexibility index (Phi) is 3.96. The number of likely N-dealkylation sites (tertiary alicyclic amines) is 1. The summed E-state index contributed by atoms with van der Waals surface area (Å²) in [5.41, 5.74) is -0.521. The van der Waals surface area contributed by atoms with Gasteiger partial charge in [0.05, 0.1) is 18.6 Å². The number of rotatable bonds is 4. The highest BCUT2D eigenvalue weighted by molar-refractivity contribution is 7.91. The second-order valence-electron chi connectivity index (χ2n) is 6.81. The van der Waals surface area contributed by atoms with Crippen molar-refractivity contribution in [1.29, 1.82) is 0 Å². The Bertz CT molecular complexity index is 714. The molecule has 0 radical (unpaired) electrons. The molecule has 1 aromatic rings. The van der Waals surface area contributed by atoms with Gasteiger partial charge in [-0.25, -0.2) is 8.42 Å². The molecule has 8 nitrogen and oxygen atoms in total. The number of ether oxygens (including phenoxy) is 1. The van der Waals surface area contributed by atoms with Crippen LogP contribution >= 0.6 is 0 Å². The Labute approximate surface area is 135 Å². The number of aromatic nitrogens is 2. The maximum Gasteiger partial charge on any atom is 0.237 e. The fourth-order valence-corrected chi connectivity index (χ4v) is 3.84. The van der Waals surface area contributed by atoms with Crippen molar-refractivity contribution in [3.63, 3.8) is 0 Å². The lowest BCUT2D eigenvalue weighted by Crippen LogP contribution is -2.39. The van der Waals surface area contributed by atoms with E-state index >= 15 is 0 Å². The van der Waals surface area contributed by atoms with Gasteiger partial charge >= 0.3 is 0 Å². The first-order valence-electron chi connectivity index (χ1n) is 7.58. The van der Waals surface area contributed by atoms with Crippen molar-refractivity contribution < 1.29 is 22.4 Å². The van der Waals surface area contributed by atoms with Crippen molar-refractivity contribution in [2.45, 2.75) is 25.2 Å². The molecule has 0 aromatic carbocycles. The van der Waals surface area contributed by atoms with E-state index in [-0.39, 0.29) is 17.7 Å². The molecule has 2 aliphatic rings. The number of amides is 1. The van der Waals surface area contributed by atoms with Crippen molar-refractivity contribution >= 4 is 15.7 Å². The second-order valence-corrected chi connectivity index (χ2v) is 8.95. The first kappa shape index (κ1) is 16.4. The molecule has 3 rings (SSSR count). The third-order valence-electron chi connectivity index (χ3n) is 4.47.